The van der Waals surface area contributed by atoms with Gasteiger partial charge < -0.3 is 10.2 Å². The molecule has 0 radical (unpaired) electrons. The van der Waals surface area contributed by atoms with Crippen LogP contribution in [0.15, 0.2) is 28.7 Å². The lowest BCUT2D eigenvalue weighted by atomic mass is 10.3. The van der Waals surface area contributed by atoms with Gasteiger partial charge in [-0.25, -0.2) is 0 Å². The van der Waals surface area contributed by atoms with E-state index in [2.05, 4.69) is 70.6 Å². The Bertz CT molecular complexity index is 316. The van der Waals surface area contributed by atoms with Crippen LogP contribution in [0.4, 0.5) is 5.69 Å². The van der Waals surface area contributed by atoms with Crippen molar-refractivity contribution < 1.29 is 0 Å². The third-order valence-electron chi connectivity index (χ3n) is 2.80. The van der Waals surface area contributed by atoms with E-state index in [1.54, 1.807) is 0 Å². The zero-order valence-electron chi connectivity index (χ0n) is 10.7. The summed E-state index contributed by atoms with van der Waals surface area (Å²) in [5, 5.41) is 3.43. The SMILES string of the molecule is CSCC(C)N(C)CCNc1ccc(Br)cc1. The van der Waals surface area contributed by atoms with Crippen molar-refractivity contribution in [3.05, 3.63) is 28.7 Å². The fourth-order valence-electron chi connectivity index (χ4n) is 1.53. The number of nitrogens with one attached hydrogen (secondary N) is 1. The Morgan fingerprint density at radius 3 is 2.59 bits per heavy atom. The summed E-state index contributed by atoms with van der Waals surface area (Å²) in [6.45, 7) is 4.32. The minimum atomic E-state index is 0.636. The minimum Gasteiger partial charge on any atom is -0.384 e. The van der Waals surface area contributed by atoms with Crippen LogP contribution < -0.4 is 5.32 Å². The second-order valence-corrected chi connectivity index (χ2v) is 6.04. The predicted octanol–water partition coefficient (Wildman–Crippen LogP) is 3.54. The highest BCUT2D eigenvalue weighted by molar-refractivity contribution is 9.10. The van der Waals surface area contributed by atoms with Crippen molar-refractivity contribution in [3.8, 4) is 0 Å². The Morgan fingerprint density at radius 1 is 1.35 bits per heavy atom. The maximum Gasteiger partial charge on any atom is 0.0341 e. The van der Waals surface area contributed by atoms with Gasteiger partial charge in [0.05, 0.1) is 0 Å². The number of benzene rings is 1. The van der Waals surface area contributed by atoms with Crippen molar-refractivity contribution >= 4 is 33.4 Å². The first-order valence-corrected chi connectivity index (χ1v) is 8.00. The first kappa shape index (κ1) is 14.9. The van der Waals surface area contributed by atoms with Crippen LogP contribution in [-0.4, -0.2) is 43.1 Å². The van der Waals surface area contributed by atoms with E-state index in [0.717, 1.165) is 17.6 Å². The van der Waals surface area contributed by atoms with Crippen molar-refractivity contribution in [1.29, 1.82) is 0 Å². The van der Waals surface area contributed by atoms with Gasteiger partial charge in [-0.3, -0.25) is 0 Å². The summed E-state index contributed by atoms with van der Waals surface area (Å²) in [6.07, 6.45) is 2.16. The molecule has 0 aliphatic carbocycles. The van der Waals surface area contributed by atoms with Gasteiger partial charge in [0.15, 0.2) is 0 Å². The molecule has 1 N–H and O–H groups in total. The molecule has 96 valence electrons. The van der Waals surface area contributed by atoms with Gasteiger partial charge in [-0.2, -0.15) is 11.8 Å². The van der Waals surface area contributed by atoms with Crippen molar-refractivity contribution in [2.45, 2.75) is 13.0 Å². The van der Waals surface area contributed by atoms with Crippen LogP contribution in [0.2, 0.25) is 0 Å². The molecule has 0 bridgehead atoms. The van der Waals surface area contributed by atoms with Crippen LogP contribution in [0, 0.1) is 0 Å². The van der Waals surface area contributed by atoms with Crippen molar-refractivity contribution in [3.63, 3.8) is 0 Å². The van der Waals surface area contributed by atoms with Crippen molar-refractivity contribution in [1.82, 2.24) is 4.90 Å². The average Bonchev–Trinajstić information content (AvgIpc) is 2.32. The average molecular weight is 317 g/mol. The molecule has 1 aromatic rings. The number of hydrogen-bond acceptors (Lipinski definition) is 3. The van der Waals surface area contributed by atoms with Gasteiger partial charge in [-0.05, 0) is 44.5 Å². The molecule has 17 heavy (non-hydrogen) atoms. The topological polar surface area (TPSA) is 15.3 Å². The van der Waals surface area contributed by atoms with Gasteiger partial charge in [-0.1, -0.05) is 15.9 Å². The van der Waals surface area contributed by atoms with Gasteiger partial charge >= 0.3 is 0 Å². The Kier molecular flexibility index (Phi) is 7.00. The standard InChI is InChI=1S/C13H21BrN2S/c1-11(10-17-3)16(2)9-8-15-13-6-4-12(14)5-7-13/h4-7,11,15H,8-10H2,1-3H3. The monoisotopic (exact) mass is 316 g/mol. The fraction of sp³-hybridized carbons (Fsp3) is 0.538. The van der Waals surface area contributed by atoms with E-state index in [9.17, 15) is 0 Å². The Hall–Kier alpha value is -0.190. The lowest BCUT2D eigenvalue weighted by Gasteiger charge is -2.24. The zero-order chi connectivity index (χ0) is 12.7. The number of halogens is 1. The van der Waals surface area contributed by atoms with E-state index in [0.29, 0.717) is 6.04 Å². The first-order valence-electron chi connectivity index (χ1n) is 5.82. The molecule has 4 heteroatoms. The predicted molar refractivity (Wildman–Crippen MR) is 83.1 cm³/mol. The molecule has 0 heterocycles. The Balaban J connectivity index is 2.25. The van der Waals surface area contributed by atoms with Crippen LogP contribution in [0.25, 0.3) is 0 Å². The van der Waals surface area contributed by atoms with Gasteiger partial charge in [0.2, 0.25) is 0 Å². The largest absolute Gasteiger partial charge is 0.384 e. The summed E-state index contributed by atoms with van der Waals surface area (Å²) in [5.74, 6) is 1.19. The minimum absolute atomic E-state index is 0.636. The second-order valence-electron chi connectivity index (χ2n) is 4.22. The summed E-state index contributed by atoms with van der Waals surface area (Å²) >= 11 is 5.34. The number of nitrogens with zero attached hydrogens (tertiary/aromatic N) is 1. The smallest absolute Gasteiger partial charge is 0.0341 e. The molecule has 0 aliphatic rings. The molecule has 2 nitrogen and oxygen atoms in total. The molecule has 0 fully saturated rings. The van der Waals surface area contributed by atoms with E-state index in [1.165, 1.54) is 11.4 Å². The number of rotatable bonds is 7. The molecular weight excluding hydrogens is 296 g/mol. The lowest BCUT2D eigenvalue weighted by molar-refractivity contribution is 0.288. The van der Waals surface area contributed by atoms with Crippen molar-refractivity contribution in [2.24, 2.45) is 0 Å². The van der Waals surface area contributed by atoms with Crippen molar-refractivity contribution in [2.75, 3.05) is 37.5 Å². The molecule has 1 rings (SSSR count). The fourth-order valence-corrected chi connectivity index (χ4v) is 2.53. The summed E-state index contributed by atoms with van der Waals surface area (Å²) in [7, 11) is 2.18. The molecule has 1 atom stereocenters. The molecule has 0 saturated heterocycles. The highest BCUT2D eigenvalue weighted by atomic mass is 79.9. The van der Waals surface area contributed by atoms with Gasteiger partial charge in [-0.15, -0.1) is 0 Å². The maximum atomic E-state index is 3.43. The third-order valence-corrected chi connectivity index (χ3v) is 4.14. The van der Waals surface area contributed by atoms with E-state index in [1.807, 2.05) is 11.8 Å². The van der Waals surface area contributed by atoms with E-state index in [-0.39, 0.29) is 0 Å². The number of anilines is 1. The summed E-state index contributed by atoms with van der Waals surface area (Å²) in [6, 6.07) is 8.94. The Morgan fingerprint density at radius 2 is 2.00 bits per heavy atom. The molecular formula is C13H21BrN2S. The molecule has 0 spiro atoms. The van der Waals surface area contributed by atoms with E-state index >= 15 is 0 Å². The normalized spacial score (nSPS) is 12.8. The zero-order valence-corrected chi connectivity index (χ0v) is 13.1. The molecule has 0 saturated carbocycles. The van der Waals surface area contributed by atoms with Gasteiger partial charge in [0, 0.05) is 35.0 Å². The second kappa shape index (κ2) is 8.01. The Labute approximate surface area is 117 Å². The van der Waals surface area contributed by atoms with Crippen LogP contribution in [0.3, 0.4) is 0 Å². The lowest BCUT2D eigenvalue weighted by Crippen LogP contribution is -2.34. The van der Waals surface area contributed by atoms with Crippen LogP contribution in [-0.2, 0) is 0 Å². The number of likely N-dealkylation sites (N-methyl/N-ethyl adjacent to an activating group) is 1. The van der Waals surface area contributed by atoms with Crippen LogP contribution in [0.5, 0.6) is 0 Å². The highest BCUT2D eigenvalue weighted by Crippen LogP contribution is 2.13. The number of hydrogen-bond donors (Lipinski definition) is 1. The number of thioether (sulfide) groups is 1. The van der Waals surface area contributed by atoms with Gasteiger partial charge in [0.1, 0.15) is 0 Å². The van der Waals surface area contributed by atoms with Gasteiger partial charge in [0.25, 0.3) is 0 Å². The molecule has 0 amide bonds. The van der Waals surface area contributed by atoms with Crippen LogP contribution in [0.1, 0.15) is 6.92 Å². The van der Waals surface area contributed by atoms with E-state index in [4.69, 9.17) is 0 Å². The molecule has 0 aromatic heterocycles. The summed E-state index contributed by atoms with van der Waals surface area (Å²) in [4.78, 5) is 2.39. The quantitative estimate of drug-likeness (QED) is 0.828. The van der Waals surface area contributed by atoms with E-state index < -0.39 is 0 Å². The van der Waals surface area contributed by atoms with Crippen LogP contribution >= 0.6 is 27.7 Å². The maximum absolute atomic E-state index is 3.43. The first-order chi connectivity index (χ1) is 8.13. The molecule has 1 unspecified atom stereocenters. The third kappa shape index (κ3) is 5.80. The summed E-state index contributed by atoms with van der Waals surface area (Å²) < 4.78 is 1.12. The molecule has 0 aliphatic heterocycles. The summed E-state index contributed by atoms with van der Waals surface area (Å²) in [5.41, 5.74) is 1.18. The molecule has 1 aromatic carbocycles. The highest BCUT2D eigenvalue weighted by Gasteiger charge is 2.07.